The average molecular weight is 185 g/mol. The fourth-order valence-electron chi connectivity index (χ4n) is 0. The molecule has 0 spiro atoms. The van der Waals surface area contributed by atoms with E-state index in [1.165, 1.54) is 0 Å². The summed E-state index contributed by atoms with van der Waals surface area (Å²) in [6.45, 7) is 3.24. The van der Waals surface area contributed by atoms with Crippen molar-refractivity contribution in [3.05, 3.63) is 0 Å². The van der Waals surface area contributed by atoms with Gasteiger partial charge < -0.3 is 0 Å². The molecular weight excluding hydrogens is 179 g/mol. The van der Waals surface area contributed by atoms with Gasteiger partial charge in [-0.3, -0.25) is 0 Å². The molecule has 0 N–H and O–H groups in total. The van der Waals surface area contributed by atoms with E-state index in [1.807, 2.05) is 22.6 Å². The molecule has 0 amide bonds. The molecule has 0 aromatic carbocycles. The van der Waals surface area contributed by atoms with Crippen LogP contribution < -0.4 is 0 Å². The summed E-state index contributed by atoms with van der Waals surface area (Å²) >= 11 is 1.82. The van der Waals surface area contributed by atoms with Crippen LogP contribution in [-0.2, 0) is 5.11 Å². The van der Waals surface area contributed by atoms with Crippen molar-refractivity contribution in [2.45, 2.75) is 17.5 Å². The van der Waals surface area contributed by atoms with E-state index >= 15 is 0 Å². The summed E-state index contributed by atoms with van der Waals surface area (Å²) in [5.41, 5.74) is 0. The third-order valence-corrected chi connectivity index (χ3v) is 0. The van der Waals surface area contributed by atoms with Crippen LogP contribution in [0, 0.1) is 0 Å². The normalized spacial score (nSPS) is 12.0. The van der Waals surface area contributed by atoms with Gasteiger partial charge in [0.2, 0.25) is 0 Å². The summed E-state index contributed by atoms with van der Waals surface area (Å²) in [5.74, 6) is 0. The molecule has 0 aliphatic rings. The summed E-state index contributed by atoms with van der Waals surface area (Å²) < 4.78 is -0.780. The van der Waals surface area contributed by atoms with Gasteiger partial charge in [0, 0.05) is 0 Å². The molecule has 5 heavy (non-hydrogen) atoms. The minimum atomic E-state index is -0.780. The first-order valence-corrected chi connectivity index (χ1v) is 2.47. The van der Waals surface area contributed by atoms with Gasteiger partial charge in [0.15, 0.2) is 0 Å². The van der Waals surface area contributed by atoms with Crippen LogP contribution in [0.25, 0.3) is 0 Å². The van der Waals surface area contributed by atoms with Crippen LogP contribution in [0.4, 0.5) is 0 Å². The van der Waals surface area contributed by atoms with E-state index in [4.69, 9.17) is 0 Å². The van der Waals surface area contributed by atoms with Crippen molar-refractivity contribution in [2.75, 3.05) is 0 Å². The lowest BCUT2D eigenvalue weighted by Crippen LogP contribution is -2.01. The molecule has 1 nitrogen and oxygen atoms in total. The van der Waals surface area contributed by atoms with Gasteiger partial charge in [-0.1, -0.05) is 0 Å². The van der Waals surface area contributed by atoms with E-state index in [1.54, 1.807) is 13.8 Å². The van der Waals surface area contributed by atoms with E-state index in [2.05, 4.69) is 0 Å². The first-order valence-electron chi connectivity index (χ1n) is 1.39. The zero-order valence-corrected chi connectivity index (χ0v) is 5.44. The van der Waals surface area contributed by atoms with E-state index in [0.717, 1.165) is 0 Å². The first-order chi connectivity index (χ1) is 2.00. The second kappa shape index (κ2) is 1.43. The number of rotatable bonds is 0. The van der Waals surface area contributed by atoms with Crippen LogP contribution in [-0.4, -0.2) is 3.61 Å². The largest absolute Gasteiger partial charge is 0.219 e. The van der Waals surface area contributed by atoms with Crippen molar-refractivity contribution in [3.8, 4) is 0 Å². The summed E-state index contributed by atoms with van der Waals surface area (Å²) in [5, 5.41) is 10.1. The smallest absolute Gasteiger partial charge is 0.148 e. The van der Waals surface area contributed by atoms with E-state index in [0.29, 0.717) is 0 Å². The number of hydrogen-bond acceptors (Lipinski definition) is 0. The summed E-state index contributed by atoms with van der Waals surface area (Å²) in [4.78, 5) is 0. The summed E-state index contributed by atoms with van der Waals surface area (Å²) in [6.07, 6.45) is 0. The molecule has 0 atom stereocenters. The van der Waals surface area contributed by atoms with Crippen LogP contribution >= 0.6 is 22.6 Å². The third-order valence-electron chi connectivity index (χ3n) is 0. The van der Waals surface area contributed by atoms with Crippen LogP contribution in [0.15, 0.2) is 0 Å². The average Bonchev–Trinajstić information content (AvgIpc) is 0.722. The van der Waals surface area contributed by atoms with E-state index in [-0.39, 0.29) is 0 Å². The standard InChI is InChI=1S/C3H6IO/c1-3(2,4)5/h1-2H3. The van der Waals surface area contributed by atoms with Crippen LogP contribution in [0.5, 0.6) is 0 Å². The van der Waals surface area contributed by atoms with Crippen molar-refractivity contribution in [2.24, 2.45) is 0 Å². The number of hydrogen-bond donors (Lipinski definition) is 0. The molecule has 0 saturated carbocycles. The molecular formula is C3H6IO. The lowest BCUT2D eigenvalue weighted by atomic mass is 10.5. The van der Waals surface area contributed by atoms with Gasteiger partial charge in [-0.05, 0) is 36.4 Å². The van der Waals surface area contributed by atoms with Gasteiger partial charge in [-0.2, -0.15) is 0 Å². The summed E-state index contributed by atoms with van der Waals surface area (Å²) in [6, 6.07) is 0. The Morgan fingerprint density at radius 1 is 1.60 bits per heavy atom. The van der Waals surface area contributed by atoms with Crippen LogP contribution in [0.3, 0.4) is 0 Å². The highest BCUT2D eigenvalue weighted by Gasteiger charge is 2.04. The van der Waals surface area contributed by atoms with Crippen molar-refractivity contribution in [3.63, 3.8) is 0 Å². The van der Waals surface area contributed by atoms with Gasteiger partial charge in [-0.25, -0.2) is 5.11 Å². The van der Waals surface area contributed by atoms with Gasteiger partial charge in [0.25, 0.3) is 0 Å². The zero-order valence-electron chi connectivity index (χ0n) is 3.29. The SMILES string of the molecule is CC(C)([O])I. The molecule has 0 saturated heterocycles. The molecule has 0 bridgehead atoms. The van der Waals surface area contributed by atoms with Crippen molar-refractivity contribution >= 4 is 22.6 Å². The second-order valence-electron chi connectivity index (χ2n) is 1.36. The van der Waals surface area contributed by atoms with E-state index in [9.17, 15) is 5.11 Å². The van der Waals surface area contributed by atoms with Gasteiger partial charge >= 0.3 is 0 Å². The van der Waals surface area contributed by atoms with Crippen LogP contribution in [0.2, 0.25) is 0 Å². The Bertz CT molecular complexity index is 22.4. The fraction of sp³-hybridized carbons (Fsp3) is 1.00. The Kier molecular flexibility index (Phi) is 1.62. The topological polar surface area (TPSA) is 19.9 Å². The van der Waals surface area contributed by atoms with E-state index < -0.39 is 3.61 Å². The molecule has 0 aromatic heterocycles. The molecule has 0 rings (SSSR count). The minimum absolute atomic E-state index is 0.780. The molecule has 2 heteroatoms. The highest BCUT2D eigenvalue weighted by Crippen LogP contribution is 2.10. The Morgan fingerprint density at radius 3 is 1.60 bits per heavy atom. The highest BCUT2D eigenvalue weighted by molar-refractivity contribution is 14.1. The molecule has 0 fully saturated rings. The maximum atomic E-state index is 10.1. The molecule has 0 heterocycles. The molecule has 0 aliphatic heterocycles. The molecule has 31 valence electrons. The van der Waals surface area contributed by atoms with Gasteiger partial charge in [0.05, 0.1) is 0 Å². The zero-order chi connectivity index (χ0) is 4.50. The van der Waals surface area contributed by atoms with Crippen molar-refractivity contribution in [1.82, 2.24) is 0 Å². The molecule has 0 aliphatic carbocycles. The Morgan fingerprint density at radius 2 is 1.60 bits per heavy atom. The predicted molar refractivity (Wildman–Crippen MR) is 28.8 cm³/mol. The van der Waals surface area contributed by atoms with Gasteiger partial charge in [-0.15, -0.1) is 0 Å². The first kappa shape index (κ1) is 5.69. The number of alkyl halides is 1. The molecule has 0 aromatic rings. The fourth-order valence-corrected chi connectivity index (χ4v) is 0. The Labute approximate surface area is 45.5 Å². The Hall–Kier alpha value is 0.690. The van der Waals surface area contributed by atoms with Crippen molar-refractivity contribution in [1.29, 1.82) is 0 Å². The molecule has 1 radical (unpaired) electrons. The van der Waals surface area contributed by atoms with Gasteiger partial charge in [0.1, 0.15) is 3.61 Å². The Balaban J connectivity index is 3.02. The maximum absolute atomic E-state index is 10.1. The lowest BCUT2D eigenvalue weighted by Gasteiger charge is -1.97. The lowest BCUT2D eigenvalue weighted by molar-refractivity contribution is 0.106. The van der Waals surface area contributed by atoms with Crippen LogP contribution in [0.1, 0.15) is 13.8 Å². The predicted octanol–water partition coefficient (Wildman–Crippen LogP) is 1.59. The monoisotopic (exact) mass is 185 g/mol. The highest BCUT2D eigenvalue weighted by atomic mass is 127. The number of halogens is 1. The quantitative estimate of drug-likeness (QED) is 0.403. The minimum Gasteiger partial charge on any atom is -0.219 e. The second-order valence-corrected chi connectivity index (χ2v) is 3.96. The third kappa shape index (κ3) is 71.3. The molecule has 0 unspecified atom stereocenters. The summed E-state index contributed by atoms with van der Waals surface area (Å²) in [7, 11) is 0. The maximum Gasteiger partial charge on any atom is 0.148 e. The van der Waals surface area contributed by atoms with Crippen molar-refractivity contribution < 1.29 is 5.11 Å².